The highest BCUT2D eigenvalue weighted by Gasteiger charge is 2.21. The van der Waals surface area contributed by atoms with E-state index in [1.807, 2.05) is 20.8 Å². The van der Waals surface area contributed by atoms with Crippen LogP contribution in [0.3, 0.4) is 0 Å². The Morgan fingerprint density at radius 3 is 2.06 bits per heavy atom. The largest absolute Gasteiger partial charge is 0.379 e. The van der Waals surface area contributed by atoms with Gasteiger partial charge in [-0.1, -0.05) is 13.8 Å². The minimum atomic E-state index is -0.247. The Balaban J connectivity index is 0.00000137. The summed E-state index contributed by atoms with van der Waals surface area (Å²) in [7, 11) is 0. The van der Waals surface area contributed by atoms with Crippen LogP contribution in [0.15, 0.2) is 0 Å². The zero-order valence-corrected chi connectivity index (χ0v) is 12.1. The Hall–Kier alpha value is -0.610. The third kappa shape index (κ3) is 8.48. The van der Waals surface area contributed by atoms with Crippen molar-refractivity contribution < 1.29 is 14.3 Å². The van der Waals surface area contributed by atoms with Crippen LogP contribution in [0.2, 0.25) is 0 Å². The molecular formula is C14H29NO3. The molecule has 1 aliphatic rings. The molecule has 0 bridgehead atoms. The van der Waals surface area contributed by atoms with Crippen molar-refractivity contribution in [2.24, 2.45) is 5.73 Å². The van der Waals surface area contributed by atoms with Crippen molar-refractivity contribution in [3.8, 4) is 0 Å². The molecule has 0 spiro atoms. The first-order valence-corrected chi connectivity index (χ1v) is 7.24. The van der Waals surface area contributed by atoms with Crippen LogP contribution < -0.4 is 5.73 Å². The Morgan fingerprint density at radius 1 is 1.11 bits per heavy atom. The summed E-state index contributed by atoms with van der Waals surface area (Å²) in [6, 6.07) is 0. The molecule has 0 unspecified atom stereocenters. The lowest BCUT2D eigenvalue weighted by atomic mass is 9.95. The van der Waals surface area contributed by atoms with E-state index < -0.39 is 0 Å². The topological polar surface area (TPSA) is 61.6 Å². The summed E-state index contributed by atoms with van der Waals surface area (Å²) >= 11 is 0. The minimum absolute atomic E-state index is 0.247. The normalized spacial score (nSPS) is 23.1. The lowest BCUT2D eigenvalue weighted by Crippen LogP contribution is -2.27. The van der Waals surface area contributed by atoms with Crippen LogP contribution in [0.4, 0.5) is 0 Å². The number of hydrogen-bond donors (Lipinski definition) is 1. The van der Waals surface area contributed by atoms with Crippen LogP contribution in [0.25, 0.3) is 0 Å². The van der Waals surface area contributed by atoms with Crippen LogP contribution in [0.5, 0.6) is 0 Å². The van der Waals surface area contributed by atoms with Gasteiger partial charge in [-0.15, -0.1) is 0 Å². The molecule has 1 rings (SSSR count). The summed E-state index contributed by atoms with van der Waals surface area (Å²) < 4.78 is 11.3. The van der Waals surface area contributed by atoms with Gasteiger partial charge in [0.2, 0.25) is 5.91 Å². The molecule has 0 saturated heterocycles. The van der Waals surface area contributed by atoms with Crippen molar-refractivity contribution >= 4 is 5.91 Å². The van der Waals surface area contributed by atoms with Crippen LogP contribution in [0.1, 0.15) is 59.3 Å². The molecule has 18 heavy (non-hydrogen) atoms. The quantitative estimate of drug-likeness (QED) is 0.715. The number of nitrogens with two attached hydrogens (primary N) is 1. The maximum Gasteiger partial charge on any atom is 0.217 e. The smallest absolute Gasteiger partial charge is 0.217 e. The fourth-order valence-electron chi connectivity index (χ4n) is 2.10. The van der Waals surface area contributed by atoms with Crippen molar-refractivity contribution in [1.29, 1.82) is 0 Å². The van der Waals surface area contributed by atoms with Gasteiger partial charge in [-0.05, 0) is 39.0 Å². The summed E-state index contributed by atoms with van der Waals surface area (Å²) in [6.07, 6.45) is 6.26. The Labute approximate surface area is 111 Å². The third-order valence-electron chi connectivity index (χ3n) is 2.94. The maximum atomic E-state index is 10.5. The molecule has 4 nitrogen and oxygen atoms in total. The van der Waals surface area contributed by atoms with Crippen molar-refractivity contribution in [3.63, 3.8) is 0 Å². The number of rotatable bonds is 7. The highest BCUT2D eigenvalue weighted by molar-refractivity contribution is 5.73. The molecule has 0 aliphatic heterocycles. The lowest BCUT2D eigenvalue weighted by molar-refractivity contribution is -0.118. The summed E-state index contributed by atoms with van der Waals surface area (Å²) in [5, 5.41) is 0. The van der Waals surface area contributed by atoms with E-state index in [-0.39, 0.29) is 5.91 Å². The van der Waals surface area contributed by atoms with Gasteiger partial charge in [0.1, 0.15) is 0 Å². The Kier molecular flexibility index (Phi) is 11.1. The van der Waals surface area contributed by atoms with Crippen molar-refractivity contribution in [3.05, 3.63) is 0 Å². The fraction of sp³-hybridized carbons (Fsp3) is 0.929. The van der Waals surface area contributed by atoms with Gasteiger partial charge in [0.05, 0.1) is 12.2 Å². The first kappa shape index (κ1) is 17.4. The van der Waals surface area contributed by atoms with E-state index in [0.29, 0.717) is 25.2 Å². The van der Waals surface area contributed by atoms with Gasteiger partial charge in [0, 0.05) is 19.6 Å². The van der Waals surface area contributed by atoms with E-state index in [1.54, 1.807) is 0 Å². The van der Waals surface area contributed by atoms with E-state index in [9.17, 15) is 4.79 Å². The van der Waals surface area contributed by atoms with Gasteiger partial charge in [0.15, 0.2) is 0 Å². The van der Waals surface area contributed by atoms with Gasteiger partial charge in [-0.3, -0.25) is 4.79 Å². The van der Waals surface area contributed by atoms with Gasteiger partial charge in [-0.2, -0.15) is 0 Å². The molecule has 2 N–H and O–H groups in total. The third-order valence-corrected chi connectivity index (χ3v) is 2.94. The predicted octanol–water partition coefficient (Wildman–Crippen LogP) is 2.64. The number of amides is 1. The molecule has 0 atom stereocenters. The summed E-state index contributed by atoms with van der Waals surface area (Å²) in [4.78, 5) is 10.5. The fourth-order valence-corrected chi connectivity index (χ4v) is 2.10. The average Bonchev–Trinajstić information content (AvgIpc) is 2.39. The van der Waals surface area contributed by atoms with Gasteiger partial charge in [-0.25, -0.2) is 0 Å². The number of ether oxygens (including phenoxy) is 2. The van der Waals surface area contributed by atoms with E-state index in [1.165, 1.54) is 0 Å². The Bertz CT molecular complexity index is 201. The molecule has 1 aliphatic carbocycles. The molecule has 4 heteroatoms. The van der Waals surface area contributed by atoms with Crippen molar-refractivity contribution in [1.82, 2.24) is 0 Å². The molecule has 0 aromatic carbocycles. The van der Waals surface area contributed by atoms with Crippen LogP contribution in [-0.2, 0) is 14.3 Å². The Morgan fingerprint density at radius 2 is 1.61 bits per heavy atom. The molecule has 1 amide bonds. The van der Waals surface area contributed by atoms with Crippen LogP contribution in [-0.4, -0.2) is 31.3 Å². The number of hydrogen-bond acceptors (Lipinski definition) is 3. The summed E-state index contributed by atoms with van der Waals surface area (Å²) in [5.41, 5.74) is 5.05. The number of primary amides is 1. The van der Waals surface area contributed by atoms with Gasteiger partial charge < -0.3 is 15.2 Å². The summed E-state index contributed by atoms with van der Waals surface area (Å²) in [5.74, 6) is -0.247. The second-order valence-electron chi connectivity index (χ2n) is 4.29. The maximum absolute atomic E-state index is 10.5. The molecule has 0 radical (unpaired) electrons. The zero-order chi connectivity index (χ0) is 13.8. The van der Waals surface area contributed by atoms with E-state index in [2.05, 4.69) is 0 Å². The molecule has 1 saturated carbocycles. The number of carbonyl (C=O) groups excluding carboxylic acids is 1. The lowest BCUT2D eigenvalue weighted by Gasteiger charge is -2.28. The highest BCUT2D eigenvalue weighted by atomic mass is 16.5. The monoisotopic (exact) mass is 259 g/mol. The van der Waals surface area contributed by atoms with Gasteiger partial charge >= 0.3 is 0 Å². The van der Waals surface area contributed by atoms with E-state index in [4.69, 9.17) is 15.2 Å². The van der Waals surface area contributed by atoms with Gasteiger partial charge in [0.25, 0.3) is 0 Å². The molecule has 0 aromatic heterocycles. The molecule has 0 heterocycles. The SMILES string of the molecule is CC.CCOC1CCC(OCCCC(N)=O)CC1. The second-order valence-corrected chi connectivity index (χ2v) is 4.29. The van der Waals surface area contributed by atoms with Crippen LogP contribution in [0, 0.1) is 0 Å². The first-order chi connectivity index (χ1) is 8.72. The molecule has 1 fully saturated rings. The standard InChI is InChI=1S/C12H23NO3.C2H6/c1-2-15-10-5-7-11(8-6-10)16-9-3-4-12(13)14;1-2/h10-11H,2-9H2,1H3,(H2,13,14);1-2H3. The molecule has 0 aromatic rings. The second kappa shape index (κ2) is 11.5. The van der Waals surface area contributed by atoms with Crippen molar-refractivity contribution in [2.75, 3.05) is 13.2 Å². The average molecular weight is 259 g/mol. The van der Waals surface area contributed by atoms with E-state index in [0.717, 1.165) is 38.7 Å². The number of carbonyl (C=O) groups is 1. The minimum Gasteiger partial charge on any atom is -0.379 e. The van der Waals surface area contributed by atoms with Crippen LogP contribution >= 0.6 is 0 Å². The highest BCUT2D eigenvalue weighted by Crippen LogP contribution is 2.23. The molecular weight excluding hydrogens is 230 g/mol. The zero-order valence-electron chi connectivity index (χ0n) is 12.1. The first-order valence-electron chi connectivity index (χ1n) is 7.24. The molecule has 108 valence electrons. The predicted molar refractivity (Wildman–Crippen MR) is 73.4 cm³/mol. The van der Waals surface area contributed by atoms with Crippen molar-refractivity contribution in [2.45, 2.75) is 71.5 Å². The van der Waals surface area contributed by atoms with E-state index >= 15 is 0 Å². The summed E-state index contributed by atoms with van der Waals surface area (Å²) in [6.45, 7) is 7.48.